The Morgan fingerprint density at radius 1 is 0.857 bits per heavy atom. The van der Waals surface area contributed by atoms with E-state index in [0.717, 1.165) is 29.0 Å². The van der Waals surface area contributed by atoms with Crippen molar-refractivity contribution in [1.82, 2.24) is 0 Å². The monoisotopic (exact) mass is 298 g/mol. The van der Waals surface area contributed by atoms with Gasteiger partial charge in [-0.15, -0.1) is 12.6 Å². The SMILES string of the molecule is Oc1ccccc1C=NCCCN=Cc1ccccc1S. The predicted octanol–water partition coefficient (Wildman–Crippen LogP) is 3.61. The minimum Gasteiger partial charge on any atom is -0.507 e. The van der Waals surface area contributed by atoms with Gasteiger partial charge in [0, 0.05) is 41.5 Å². The van der Waals surface area contributed by atoms with Crippen molar-refractivity contribution in [2.45, 2.75) is 11.3 Å². The van der Waals surface area contributed by atoms with E-state index < -0.39 is 0 Å². The van der Waals surface area contributed by atoms with E-state index in [4.69, 9.17) is 0 Å². The summed E-state index contributed by atoms with van der Waals surface area (Å²) in [5, 5.41) is 9.58. The third-order valence-corrected chi connectivity index (χ3v) is 3.32. The second-order valence-corrected chi connectivity index (χ2v) is 5.02. The van der Waals surface area contributed by atoms with Crippen molar-refractivity contribution >= 4 is 25.1 Å². The van der Waals surface area contributed by atoms with Crippen LogP contribution in [0.1, 0.15) is 17.5 Å². The molecule has 0 fully saturated rings. The van der Waals surface area contributed by atoms with Gasteiger partial charge in [-0.05, 0) is 24.6 Å². The van der Waals surface area contributed by atoms with Crippen molar-refractivity contribution in [2.24, 2.45) is 9.98 Å². The molecule has 108 valence electrons. The van der Waals surface area contributed by atoms with Crippen LogP contribution >= 0.6 is 12.6 Å². The quantitative estimate of drug-likeness (QED) is 0.477. The van der Waals surface area contributed by atoms with Gasteiger partial charge in [0.25, 0.3) is 0 Å². The lowest BCUT2D eigenvalue weighted by molar-refractivity contribution is 0.474. The molecule has 21 heavy (non-hydrogen) atoms. The van der Waals surface area contributed by atoms with Gasteiger partial charge in [-0.1, -0.05) is 30.3 Å². The molecule has 0 bridgehead atoms. The lowest BCUT2D eigenvalue weighted by Gasteiger charge is -1.98. The molecule has 2 aromatic carbocycles. The Balaban J connectivity index is 1.73. The van der Waals surface area contributed by atoms with E-state index in [-0.39, 0.29) is 5.75 Å². The Morgan fingerprint density at radius 3 is 2.10 bits per heavy atom. The van der Waals surface area contributed by atoms with Crippen LogP contribution in [0.5, 0.6) is 5.75 Å². The van der Waals surface area contributed by atoms with Gasteiger partial charge in [0.15, 0.2) is 0 Å². The van der Waals surface area contributed by atoms with E-state index in [1.807, 2.05) is 42.6 Å². The summed E-state index contributed by atoms with van der Waals surface area (Å²) < 4.78 is 0. The van der Waals surface area contributed by atoms with Crippen LogP contribution in [0.4, 0.5) is 0 Å². The van der Waals surface area contributed by atoms with Crippen LogP contribution in [0.25, 0.3) is 0 Å². The number of benzene rings is 2. The smallest absolute Gasteiger partial charge is 0.124 e. The topological polar surface area (TPSA) is 45.0 Å². The maximum Gasteiger partial charge on any atom is 0.124 e. The second-order valence-electron chi connectivity index (χ2n) is 4.54. The number of aliphatic imine (C=N–C) groups is 2. The fourth-order valence-electron chi connectivity index (χ4n) is 1.77. The maximum atomic E-state index is 9.58. The van der Waals surface area contributed by atoms with Crippen molar-refractivity contribution in [2.75, 3.05) is 13.1 Å². The highest BCUT2D eigenvalue weighted by molar-refractivity contribution is 7.80. The molecule has 0 aliphatic rings. The maximum absolute atomic E-state index is 9.58. The predicted molar refractivity (Wildman–Crippen MR) is 91.3 cm³/mol. The molecule has 1 N–H and O–H groups in total. The van der Waals surface area contributed by atoms with Gasteiger partial charge in [-0.25, -0.2) is 0 Å². The summed E-state index contributed by atoms with van der Waals surface area (Å²) >= 11 is 4.37. The molecule has 0 heterocycles. The number of para-hydroxylation sites is 1. The lowest BCUT2D eigenvalue weighted by atomic mass is 10.2. The number of phenolic OH excluding ortho intramolecular Hbond substituents is 1. The molecule has 0 atom stereocenters. The third kappa shape index (κ3) is 5.08. The summed E-state index contributed by atoms with van der Waals surface area (Å²) in [6.45, 7) is 1.41. The molecule has 0 spiro atoms. The van der Waals surface area contributed by atoms with Crippen LogP contribution in [-0.4, -0.2) is 30.6 Å². The molecule has 0 saturated heterocycles. The minimum atomic E-state index is 0.254. The second kappa shape index (κ2) is 8.27. The number of hydrogen-bond donors (Lipinski definition) is 2. The van der Waals surface area contributed by atoms with Gasteiger partial charge in [0.1, 0.15) is 5.75 Å². The summed E-state index contributed by atoms with van der Waals surface area (Å²) in [6, 6.07) is 15.0. The van der Waals surface area contributed by atoms with E-state index in [1.165, 1.54) is 0 Å². The molecule has 0 amide bonds. The zero-order valence-corrected chi connectivity index (χ0v) is 12.6. The molecule has 0 aliphatic carbocycles. The minimum absolute atomic E-state index is 0.254. The molecule has 0 aromatic heterocycles. The van der Waals surface area contributed by atoms with Crippen LogP contribution < -0.4 is 0 Å². The van der Waals surface area contributed by atoms with Crippen molar-refractivity contribution in [3.05, 3.63) is 59.7 Å². The first-order valence-electron chi connectivity index (χ1n) is 6.83. The molecule has 2 aromatic rings. The highest BCUT2D eigenvalue weighted by Gasteiger charge is 1.94. The summed E-state index contributed by atoms with van der Waals surface area (Å²) in [7, 11) is 0. The number of rotatable bonds is 6. The number of phenols is 1. The Kier molecular flexibility index (Phi) is 6.03. The van der Waals surface area contributed by atoms with Crippen LogP contribution in [0.15, 0.2) is 63.4 Å². The largest absolute Gasteiger partial charge is 0.507 e. The van der Waals surface area contributed by atoms with Gasteiger partial charge < -0.3 is 5.11 Å². The van der Waals surface area contributed by atoms with Crippen LogP contribution in [-0.2, 0) is 0 Å². The van der Waals surface area contributed by atoms with E-state index in [0.29, 0.717) is 6.54 Å². The van der Waals surface area contributed by atoms with E-state index in [1.54, 1.807) is 18.3 Å². The van der Waals surface area contributed by atoms with Crippen molar-refractivity contribution in [3.8, 4) is 5.75 Å². The summed E-state index contributed by atoms with van der Waals surface area (Å²) in [6.07, 6.45) is 4.41. The van der Waals surface area contributed by atoms with Gasteiger partial charge in [-0.2, -0.15) is 0 Å². The zero-order chi connectivity index (χ0) is 14.9. The van der Waals surface area contributed by atoms with Crippen molar-refractivity contribution in [3.63, 3.8) is 0 Å². The number of hydrogen-bond acceptors (Lipinski definition) is 4. The molecule has 4 heteroatoms. The van der Waals surface area contributed by atoms with Crippen LogP contribution in [0.2, 0.25) is 0 Å². The first-order valence-corrected chi connectivity index (χ1v) is 7.28. The standard InChI is InChI=1S/C17H18N2OS/c20-16-8-3-1-6-14(16)12-18-10-5-11-19-13-15-7-2-4-9-17(15)21/h1-4,6-9,12-13,20-21H,5,10-11H2. The van der Waals surface area contributed by atoms with Gasteiger partial charge >= 0.3 is 0 Å². The van der Waals surface area contributed by atoms with Crippen LogP contribution in [0.3, 0.4) is 0 Å². The summed E-state index contributed by atoms with van der Waals surface area (Å²) in [5.74, 6) is 0.254. The Hall–Kier alpha value is -2.07. The molecular weight excluding hydrogens is 280 g/mol. The molecule has 0 saturated carbocycles. The van der Waals surface area contributed by atoms with E-state index >= 15 is 0 Å². The fraction of sp³-hybridized carbons (Fsp3) is 0.176. The number of thiol groups is 1. The van der Waals surface area contributed by atoms with Crippen LogP contribution in [0, 0.1) is 0 Å². The zero-order valence-electron chi connectivity index (χ0n) is 11.7. The molecule has 0 aliphatic heterocycles. The Bertz CT molecular complexity index is 583. The van der Waals surface area contributed by atoms with E-state index in [2.05, 4.69) is 22.6 Å². The first kappa shape index (κ1) is 15.3. The molecule has 2 rings (SSSR count). The third-order valence-electron chi connectivity index (χ3n) is 2.91. The van der Waals surface area contributed by atoms with E-state index in [9.17, 15) is 5.11 Å². The molecule has 0 radical (unpaired) electrons. The van der Waals surface area contributed by atoms with Gasteiger partial charge in [0.05, 0.1) is 0 Å². The van der Waals surface area contributed by atoms with Gasteiger partial charge in [0.2, 0.25) is 0 Å². The highest BCUT2D eigenvalue weighted by Crippen LogP contribution is 2.12. The molecule has 3 nitrogen and oxygen atoms in total. The number of aromatic hydroxyl groups is 1. The highest BCUT2D eigenvalue weighted by atomic mass is 32.1. The molecule has 0 unspecified atom stereocenters. The molecular formula is C17H18N2OS. The summed E-state index contributed by atoms with van der Waals surface area (Å²) in [4.78, 5) is 9.59. The Labute approximate surface area is 130 Å². The average molecular weight is 298 g/mol. The normalized spacial score (nSPS) is 11.5. The lowest BCUT2D eigenvalue weighted by Crippen LogP contribution is -1.90. The van der Waals surface area contributed by atoms with Crippen molar-refractivity contribution in [1.29, 1.82) is 0 Å². The number of nitrogens with zero attached hydrogens (tertiary/aromatic N) is 2. The fourth-order valence-corrected chi connectivity index (χ4v) is 1.99. The first-order chi connectivity index (χ1) is 10.3. The Morgan fingerprint density at radius 2 is 1.43 bits per heavy atom. The van der Waals surface area contributed by atoms with Crippen molar-refractivity contribution < 1.29 is 5.11 Å². The average Bonchev–Trinajstić information content (AvgIpc) is 2.50. The summed E-state index contributed by atoms with van der Waals surface area (Å²) in [5.41, 5.74) is 1.77. The van der Waals surface area contributed by atoms with Gasteiger partial charge in [-0.3, -0.25) is 9.98 Å².